The van der Waals surface area contributed by atoms with Crippen LogP contribution in [0, 0.1) is 0 Å². The van der Waals surface area contributed by atoms with Crippen LogP contribution in [0.3, 0.4) is 0 Å². The summed E-state index contributed by atoms with van der Waals surface area (Å²) in [6.45, 7) is 1.42. The van der Waals surface area contributed by atoms with Gasteiger partial charge in [0.25, 0.3) is 0 Å². The number of amides is 1. The van der Waals surface area contributed by atoms with Gasteiger partial charge in [-0.05, 0) is 30.0 Å². The first-order valence-corrected chi connectivity index (χ1v) is 10.8. The maximum absolute atomic E-state index is 13.1. The van der Waals surface area contributed by atoms with Crippen molar-refractivity contribution >= 4 is 39.9 Å². The van der Waals surface area contributed by atoms with E-state index < -0.39 is 0 Å². The number of fused-ring (bicyclic) bond motifs is 2. The summed E-state index contributed by atoms with van der Waals surface area (Å²) in [4.78, 5) is 30.9. The summed E-state index contributed by atoms with van der Waals surface area (Å²) in [6, 6.07) is 9.67. The highest BCUT2D eigenvalue weighted by molar-refractivity contribution is 7.08. The van der Waals surface area contributed by atoms with E-state index in [1.165, 1.54) is 0 Å². The van der Waals surface area contributed by atoms with Crippen molar-refractivity contribution in [2.75, 3.05) is 29.9 Å². The zero-order valence-electron chi connectivity index (χ0n) is 16.5. The molecule has 8 nitrogen and oxygen atoms in total. The Morgan fingerprint density at radius 2 is 1.90 bits per heavy atom. The van der Waals surface area contributed by atoms with E-state index in [-0.39, 0.29) is 12.3 Å². The SMILES string of the molecule is CN1CCCN(C(=O)CCc2nc(-c3ccsc3)no2)c2nc3ccccc3nc21. The van der Waals surface area contributed by atoms with Gasteiger partial charge in [0.05, 0.1) is 11.0 Å². The van der Waals surface area contributed by atoms with Crippen LogP contribution >= 0.6 is 11.3 Å². The predicted octanol–water partition coefficient (Wildman–Crippen LogP) is 3.55. The summed E-state index contributed by atoms with van der Waals surface area (Å²) in [5, 5.41) is 7.94. The van der Waals surface area contributed by atoms with Gasteiger partial charge < -0.3 is 9.42 Å². The van der Waals surface area contributed by atoms with Crippen LogP contribution in [0.25, 0.3) is 22.4 Å². The standard InChI is InChI=1S/C21H20N6O2S/c1-26-10-4-11-27(21-20(26)22-15-5-2-3-6-16(15)23-21)18(28)8-7-17-24-19(25-29-17)14-9-12-30-13-14/h2-3,5-6,9,12-13H,4,7-8,10-11H2,1H3. The molecular formula is C21H20N6O2S. The number of thiophene rings is 1. The molecule has 1 aromatic carbocycles. The van der Waals surface area contributed by atoms with Crippen LogP contribution < -0.4 is 9.80 Å². The molecule has 0 saturated carbocycles. The Morgan fingerprint density at radius 1 is 1.10 bits per heavy atom. The molecule has 9 heteroatoms. The first-order valence-electron chi connectivity index (χ1n) is 9.82. The van der Waals surface area contributed by atoms with Crippen LogP contribution in [0.1, 0.15) is 18.7 Å². The minimum Gasteiger partial charge on any atom is -0.357 e. The molecule has 0 N–H and O–H groups in total. The lowest BCUT2D eigenvalue weighted by Crippen LogP contribution is -2.32. The number of benzene rings is 1. The van der Waals surface area contributed by atoms with E-state index in [9.17, 15) is 4.79 Å². The van der Waals surface area contributed by atoms with Gasteiger partial charge in [-0.3, -0.25) is 9.69 Å². The Labute approximate surface area is 177 Å². The summed E-state index contributed by atoms with van der Waals surface area (Å²) in [6.07, 6.45) is 1.50. The van der Waals surface area contributed by atoms with Crippen LogP contribution in [0.15, 0.2) is 45.6 Å². The Hall–Kier alpha value is -3.33. The minimum atomic E-state index is -0.0218. The van der Waals surface area contributed by atoms with Crippen LogP contribution in [0.4, 0.5) is 11.6 Å². The Balaban J connectivity index is 1.38. The molecule has 4 aromatic rings. The molecule has 152 valence electrons. The predicted molar refractivity (Wildman–Crippen MR) is 116 cm³/mol. The molecule has 1 aliphatic heterocycles. The van der Waals surface area contributed by atoms with Crippen LogP contribution in [0.5, 0.6) is 0 Å². The Bertz CT molecular complexity index is 1190. The summed E-state index contributed by atoms with van der Waals surface area (Å²) < 4.78 is 5.33. The monoisotopic (exact) mass is 420 g/mol. The molecule has 0 fully saturated rings. The van der Waals surface area contributed by atoms with Crippen molar-refractivity contribution < 1.29 is 9.32 Å². The van der Waals surface area contributed by atoms with Gasteiger partial charge in [0.1, 0.15) is 0 Å². The van der Waals surface area contributed by atoms with Crippen molar-refractivity contribution in [3.05, 3.63) is 47.0 Å². The van der Waals surface area contributed by atoms with Gasteiger partial charge in [-0.25, -0.2) is 9.97 Å². The van der Waals surface area contributed by atoms with Gasteiger partial charge in [-0.15, -0.1) is 0 Å². The maximum Gasteiger partial charge on any atom is 0.228 e. The molecule has 0 spiro atoms. The summed E-state index contributed by atoms with van der Waals surface area (Å²) in [5.74, 6) is 2.34. The van der Waals surface area contributed by atoms with Crippen molar-refractivity contribution in [3.8, 4) is 11.4 Å². The molecule has 30 heavy (non-hydrogen) atoms. The number of carbonyl (C=O) groups excluding carboxylic acids is 1. The number of carbonyl (C=O) groups is 1. The normalized spacial score (nSPS) is 14.0. The number of para-hydroxylation sites is 2. The minimum absolute atomic E-state index is 0.0218. The molecular weight excluding hydrogens is 400 g/mol. The van der Waals surface area contributed by atoms with Gasteiger partial charge in [0, 0.05) is 43.9 Å². The van der Waals surface area contributed by atoms with Crippen LogP contribution in [-0.2, 0) is 11.2 Å². The summed E-state index contributed by atoms with van der Waals surface area (Å²) >= 11 is 1.58. The van der Waals surface area contributed by atoms with Crippen LogP contribution in [-0.4, -0.2) is 46.2 Å². The molecule has 0 aliphatic carbocycles. The first kappa shape index (κ1) is 18.7. The topological polar surface area (TPSA) is 88.2 Å². The van der Waals surface area contributed by atoms with Crippen molar-refractivity contribution in [1.29, 1.82) is 0 Å². The zero-order valence-corrected chi connectivity index (χ0v) is 17.3. The largest absolute Gasteiger partial charge is 0.357 e. The smallest absolute Gasteiger partial charge is 0.228 e. The van der Waals surface area contributed by atoms with Gasteiger partial charge >= 0.3 is 0 Å². The Morgan fingerprint density at radius 3 is 2.67 bits per heavy atom. The number of aromatic nitrogens is 4. The second-order valence-electron chi connectivity index (χ2n) is 7.20. The average molecular weight is 420 g/mol. The first-order chi connectivity index (χ1) is 14.7. The molecule has 3 aromatic heterocycles. The molecule has 0 bridgehead atoms. The lowest BCUT2D eigenvalue weighted by molar-refractivity contribution is -0.118. The fourth-order valence-corrected chi connectivity index (χ4v) is 4.19. The third kappa shape index (κ3) is 3.52. The highest BCUT2D eigenvalue weighted by Gasteiger charge is 2.27. The molecule has 1 aliphatic rings. The number of anilines is 2. The number of rotatable bonds is 4. The summed E-state index contributed by atoms with van der Waals surface area (Å²) in [7, 11) is 1.99. The maximum atomic E-state index is 13.1. The molecule has 1 amide bonds. The highest BCUT2D eigenvalue weighted by atomic mass is 32.1. The quantitative estimate of drug-likeness (QED) is 0.499. The number of aryl methyl sites for hydroxylation is 1. The highest BCUT2D eigenvalue weighted by Crippen LogP contribution is 2.30. The van der Waals surface area contributed by atoms with Gasteiger partial charge in [0.2, 0.25) is 17.6 Å². The fraction of sp³-hybridized carbons (Fsp3) is 0.286. The van der Waals surface area contributed by atoms with Gasteiger partial charge in [-0.2, -0.15) is 16.3 Å². The van der Waals surface area contributed by atoms with E-state index in [0.717, 1.165) is 35.4 Å². The molecule has 4 heterocycles. The van der Waals surface area contributed by atoms with Crippen molar-refractivity contribution in [1.82, 2.24) is 20.1 Å². The van der Waals surface area contributed by atoms with E-state index >= 15 is 0 Å². The molecule has 0 radical (unpaired) electrons. The van der Waals surface area contributed by atoms with E-state index in [0.29, 0.717) is 30.5 Å². The second kappa shape index (κ2) is 7.83. The van der Waals surface area contributed by atoms with E-state index in [1.807, 2.05) is 48.1 Å². The van der Waals surface area contributed by atoms with Crippen molar-refractivity contribution in [3.63, 3.8) is 0 Å². The number of hydrogen-bond donors (Lipinski definition) is 0. The van der Waals surface area contributed by atoms with E-state index in [2.05, 4.69) is 15.0 Å². The van der Waals surface area contributed by atoms with Crippen molar-refractivity contribution in [2.45, 2.75) is 19.3 Å². The van der Waals surface area contributed by atoms with Crippen LogP contribution in [0.2, 0.25) is 0 Å². The third-order valence-corrected chi connectivity index (χ3v) is 5.81. The van der Waals surface area contributed by atoms with Gasteiger partial charge in [0.15, 0.2) is 11.6 Å². The molecule has 0 unspecified atom stereocenters. The Kier molecular flexibility index (Phi) is 4.88. The molecule has 0 atom stereocenters. The fourth-order valence-electron chi connectivity index (χ4n) is 3.55. The molecule has 0 saturated heterocycles. The third-order valence-electron chi connectivity index (χ3n) is 5.13. The van der Waals surface area contributed by atoms with Crippen molar-refractivity contribution in [2.24, 2.45) is 0 Å². The van der Waals surface area contributed by atoms with E-state index in [4.69, 9.17) is 14.5 Å². The zero-order chi connectivity index (χ0) is 20.5. The second-order valence-corrected chi connectivity index (χ2v) is 7.98. The molecule has 5 rings (SSSR count). The summed E-state index contributed by atoms with van der Waals surface area (Å²) in [5.41, 5.74) is 2.53. The van der Waals surface area contributed by atoms with Gasteiger partial charge in [-0.1, -0.05) is 17.3 Å². The average Bonchev–Trinajstić information content (AvgIpc) is 3.43. The lowest BCUT2D eigenvalue weighted by Gasteiger charge is -2.22. The number of nitrogens with zero attached hydrogens (tertiary/aromatic N) is 6. The van der Waals surface area contributed by atoms with E-state index in [1.54, 1.807) is 16.2 Å². The lowest BCUT2D eigenvalue weighted by atomic mass is 10.2. The number of hydrogen-bond acceptors (Lipinski definition) is 8.